The molecule has 0 saturated heterocycles. The summed E-state index contributed by atoms with van der Waals surface area (Å²) in [5.74, 6) is 0.812. The van der Waals surface area contributed by atoms with E-state index in [-0.39, 0.29) is 6.79 Å². The molecule has 0 spiro atoms. The fourth-order valence-electron chi connectivity index (χ4n) is 1.81. The molecule has 2 aromatic carbocycles. The summed E-state index contributed by atoms with van der Waals surface area (Å²) in [4.78, 5) is 0. The van der Waals surface area contributed by atoms with Crippen LogP contribution in [0.2, 0.25) is 0 Å². The van der Waals surface area contributed by atoms with Gasteiger partial charge in [-0.1, -0.05) is 46.3 Å². The Balaban J connectivity index is 1.80. The van der Waals surface area contributed by atoms with Crippen molar-refractivity contribution in [2.24, 2.45) is 0 Å². The number of rotatable bonds is 7. The van der Waals surface area contributed by atoms with Gasteiger partial charge in [0.25, 0.3) is 0 Å². The van der Waals surface area contributed by atoms with Gasteiger partial charge in [0.05, 0.1) is 6.61 Å². The van der Waals surface area contributed by atoms with E-state index in [0.29, 0.717) is 6.61 Å². The fraction of sp³-hybridized carbons (Fsp3) is 0.250. The van der Waals surface area contributed by atoms with Crippen LogP contribution in [0.15, 0.2) is 53.0 Å². The number of ether oxygens (including phenoxy) is 2. The SMILES string of the molecule is CNCc1cc(OCOCc2ccccc2)ccc1Br. The van der Waals surface area contributed by atoms with Gasteiger partial charge in [-0.3, -0.25) is 0 Å². The molecule has 0 radical (unpaired) electrons. The van der Waals surface area contributed by atoms with Crippen molar-refractivity contribution in [2.75, 3.05) is 13.8 Å². The molecule has 2 rings (SSSR count). The van der Waals surface area contributed by atoms with Gasteiger partial charge in [-0.05, 0) is 36.4 Å². The monoisotopic (exact) mass is 335 g/mol. The smallest absolute Gasteiger partial charge is 0.189 e. The van der Waals surface area contributed by atoms with E-state index in [0.717, 1.165) is 27.9 Å². The van der Waals surface area contributed by atoms with Gasteiger partial charge in [0.15, 0.2) is 6.79 Å². The van der Waals surface area contributed by atoms with Crippen molar-refractivity contribution in [2.45, 2.75) is 13.2 Å². The highest BCUT2D eigenvalue weighted by atomic mass is 79.9. The van der Waals surface area contributed by atoms with Crippen LogP contribution in [-0.2, 0) is 17.9 Å². The molecule has 0 amide bonds. The standard InChI is InChI=1S/C16H18BrNO2/c1-18-10-14-9-15(7-8-16(14)17)20-12-19-11-13-5-3-2-4-6-13/h2-9,18H,10-12H2,1H3. The summed E-state index contributed by atoms with van der Waals surface area (Å²) < 4.78 is 12.2. The van der Waals surface area contributed by atoms with E-state index >= 15 is 0 Å². The number of hydrogen-bond acceptors (Lipinski definition) is 3. The zero-order valence-electron chi connectivity index (χ0n) is 11.4. The molecule has 0 atom stereocenters. The number of hydrogen-bond donors (Lipinski definition) is 1. The van der Waals surface area contributed by atoms with Crippen LogP contribution in [0.4, 0.5) is 0 Å². The minimum absolute atomic E-state index is 0.246. The van der Waals surface area contributed by atoms with E-state index in [1.165, 1.54) is 0 Å². The first kappa shape index (κ1) is 15.0. The van der Waals surface area contributed by atoms with E-state index in [1.807, 2.05) is 55.6 Å². The average molecular weight is 336 g/mol. The molecular weight excluding hydrogens is 318 g/mol. The van der Waals surface area contributed by atoms with Crippen LogP contribution in [0, 0.1) is 0 Å². The second-order valence-electron chi connectivity index (χ2n) is 4.38. The van der Waals surface area contributed by atoms with Gasteiger partial charge in [-0.15, -0.1) is 0 Å². The zero-order chi connectivity index (χ0) is 14.2. The van der Waals surface area contributed by atoms with Crippen molar-refractivity contribution in [3.63, 3.8) is 0 Å². The van der Waals surface area contributed by atoms with E-state index < -0.39 is 0 Å². The molecule has 20 heavy (non-hydrogen) atoms. The lowest BCUT2D eigenvalue weighted by Gasteiger charge is -2.10. The topological polar surface area (TPSA) is 30.5 Å². The van der Waals surface area contributed by atoms with E-state index in [1.54, 1.807) is 0 Å². The lowest BCUT2D eigenvalue weighted by Crippen LogP contribution is -2.07. The third kappa shape index (κ3) is 4.63. The number of nitrogens with one attached hydrogen (secondary N) is 1. The number of halogens is 1. The molecule has 0 heterocycles. The normalized spacial score (nSPS) is 10.5. The summed E-state index contributed by atoms with van der Waals surface area (Å²) in [5.41, 5.74) is 2.30. The highest BCUT2D eigenvalue weighted by Crippen LogP contribution is 2.22. The first-order valence-corrected chi connectivity index (χ1v) is 7.26. The summed E-state index contributed by atoms with van der Waals surface area (Å²) in [7, 11) is 1.92. The minimum atomic E-state index is 0.246. The Bertz CT molecular complexity index is 531. The van der Waals surface area contributed by atoms with Crippen molar-refractivity contribution in [1.29, 1.82) is 0 Å². The largest absolute Gasteiger partial charge is 0.468 e. The lowest BCUT2D eigenvalue weighted by atomic mass is 10.2. The molecule has 0 bridgehead atoms. The van der Waals surface area contributed by atoms with Crippen molar-refractivity contribution in [1.82, 2.24) is 5.32 Å². The molecule has 0 saturated carbocycles. The van der Waals surface area contributed by atoms with Crippen LogP contribution < -0.4 is 10.1 Å². The maximum absolute atomic E-state index is 5.60. The average Bonchev–Trinajstić information content (AvgIpc) is 2.48. The highest BCUT2D eigenvalue weighted by molar-refractivity contribution is 9.10. The van der Waals surface area contributed by atoms with Crippen molar-refractivity contribution in [3.8, 4) is 5.75 Å². The fourth-order valence-corrected chi connectivity index (χ4v) is 2.20. The minimum Gasteiger partial charge on any atom is -0.468 e. The molecular formula is C16H18BrNO2. The van der Waals surface area contributed by atoms with E-state index in [2.05, 4.69) is 21.2 Å². The molecule has 2 aromatic rings. The van der Waals surface area contributed by atoms with Crippen LogP contribution in [0.5, 0.6) is 5.75 Å². The van der Waals surface area contributed by atoms with Gasteiger partial charge < -0.3 is 14.8 Å². The van der Waals surface area contributed by atoms with Crippen LogP contribution >= 0.6 is 15.9 Å². The maximum Gasteiger partial charge on any atom is 0.189 e. The Labute approximate surface area is 128 Å². The van der Waals surface area contributed by atoms with Crippen LogP contribution in [0.1, 0.15) is 11.1 Å². The summed E-state index contributed by atoms with van der Waals surface area (Å²) in [6.07, 6.45) is 0. The molecule has 0 aromatic heterocycles. The third-order valence-electron chi connectivity index (χ3n) is 2.80. The molecule has 0 aliphatic heterocycles. The second kappa shape index (κ2) is 8.04. The maximum atomic E-state index is 5.60. The zero-order valence-corrected chi connectivity index (χ0v) is 13.0. The van der Waals surface area contributed by atoms with Crippen molar-refractivity contribution >= 4 is 15.9 Å². The summed E-state index contributed by atoms with van der Waals surface area (Å²) >= 11 is 3.52. The Morgan fingerprint density at radius 3 is 2.65 bits per heavy atom. The molecule has 106 valence electrons. The first-order chi connectivity index (χ1) is 9.79. The summed E-state index contributed by atoms with van der Waals surface area (Å²) in [6, 6.07) is 16.0. The lowest BCUT2D eigenvalue weighted by molar-refractivity contribution is 0.00500. The molecule has 1 N–H and O–H groups in total. The van der Waals surface area contributed by atoms with Gasteiger partial charge in [-0.25, -0.2) is 0 Å². The first-order valence-electron chi connectivity index (χ1n) is 6.47. The highest BCUT2D eigenvalue weighted by Gasteiger charge is 2.02. The summed E-state index contributed by atoms with van der Waals surface area (Å²) in [6.45, 7) is 1.60. The Hall–Kier alpha value is -1.36. The molecule has 0 unspecified atom stereocenters. The molecule has 0 aliphatic rings. The molecule has 3 nitrogen and oxygen atoms in total. The molecule has 0 aliphatic carbocycles. The van der Waals surface area contributed by atoms with Gasteiger partial charge in [0, 0.05) is 11.0 Å². The van der Waals surface area contributed by atoms with Gasteiger partial charge >= 0.3 is 0 Å². The Morgan fingerprint density at radius 2 is 1.90 bits per heavy atom. The van der Waals surface area contributed by atoms with Crippen LogP contribution in [0.3, 0.4) is 0 Å². The van der Waals surface area contributed by atoms with Crippen LogP contribution in [-0.4, -0.2) is 13.8 Å². The Kier molecular flexibility index (Phi) is 6.05. The predicted octanol–water partition coefficient (Wildman–Crippen LogP) is 3.72. The molecule has 4 heteroatoms. The second-order valence-corrected chi connectivity index (χ2v) is 5.23. The van der Waals surface area contributed by atoms with Crippen molar-refractivity contribution in [3.05, 3.63) is 64.1 Å². The number of benzene rings is 2. The van der Waals surface area contributed by atoms with E-state index in [9.17, 15) is 0 Å². The third-order valence-corrected chi connectivity index (χ3v) is 3.58. The predicted molar refractivity (Wildman–Crippen MR) is 83.6 cm³/mol. The Morgan fingerprint density at radius 1 is 1.10 bits per heavy atom. The van der Waals surface area contributed by atoms with Crippen molar-refractivity contribution < 1.29 is 9.47 Å². The van der Waals surface area contributed by atoms with Crippen LogP contribution in [0.25, 0.3) is 0 Å². The van der Waals surface area contributed by atoms with E-state index in [4.69, 9.17) is 9.47 Å². The summed E-state index contributed by atoms with van der Waals surface area (Å²) in [5, 5.41) is 3.12. The van der Waals surface area contributed by atoms with Gasteiger partial charge in [-0.2, -0.15) is 0 Å². The van der Waals surface area contributed by atoms with Gasteiger partial charge in [0.2, 0.25) is 0 Å². The van der Waals surface area contributed by atoms with Gasteiger partial charge in [0.1, 0.15) is 5.75 Å². The quantitative estimate of drug-likeness (QED) is 0.617. The molecule has 0 fully saturated rings.